The van der Waals surface area contributed by atoms with Crippen LogP contribution >= 0.6 is 0 Å². The molecule has 2 rings (SSSR count). The minimum absolute atomic E-state index is 0.251. The van der Waals surface area contributed by atoms with E-state index >= 15 is 0 Å². The fourth-order valence-corrected chi connectivity index (χ4v) is 10.5. The van der Waals surface area contributed by atoms with E-state index in [2.05, 4.69) is 60.0 Å². The van der Waals surface area contributed by atoms with Crippen molar-refractivity contribution in [3.63, 3.8) is 0 Å². The molecule has 5 atom stereocenters. The third kappa shape index (κ3) is 11.1. The molecule has 0 radical (unpaired) electrons. The van der Waals surface area contributed by atoms with Crippen molar-refractivity contribution in [2.24, 2.45) is 5.41 Å². The van der Waals surface area contributed by atoms with Gasteiger partial charge in [-0.1, -0.05) is 111 Å². The van der Waals surface area contributed by atoms with Gasteiger partial charge in [-0.15, -0.1) is 0 Å². The molecule has 2 unspecified atom stereocenters. The summed E-state index contributed by atoms with van der Waals surface area (Å²) in [5.41, 5.74) is 1.19. The highest BCUT2D eigenvalue weighted by atomic mass is 28.4. The van der Waals surface area contributed by atoms with Gasteiger partial charge in [-0.05, 0) is 92.3 Å². The topological polar surface area (TPSA) is 111 Å². The van der Waals surface area contributed by atoms with Crippen molar-refractivity contribution in [3.05, 3.63) is 82.9 Å². The fourth-order valence-electron chi connectivity index (χ4n) is 6.17. The van der Waals surface area contributed by atoms with Crippen molar-refractivity contribution in [1.82, 2.24) is 5.32 Å². The van der Waals surface area contributed by atoms with Crippen molar-refractivity contribution in [2.75, 3.05) is 0 Å². The predicted molar refractivity (Wildman–Crippen MR) is 216 cm³/mol. The van der Waals surface area contributed by atoms with Gasteiger partial charge in [-0.25, -0.2) is 4.79 Å². The minimum Gasteiger partial charge on any atom is -0.456 e. The zero-order chi connectivity index (χ0) is 39.7. The Labute approximate surface area is 316 Å². The molecular formula is C42H67NO7Si2. The molecule has 0 aliphatic rings. The van der Waals surface area contributed by atoms with Crippen molar-refractivity contribution >= 4 is 34.3 Å². The number of esters is 1. The van der Waals surface area contributed by atoms with Crippen LogP contribution in [0.15, 0.2) is 71.8 Å². The number of amides is 1. The number of aliphatic hydroxyl groups is 1. The molecule has 1 amide bonds. The molecule has 0 aliphatic heterocycles. The predicted octanol–water partition coefficient (Wildman–Crippen LogP) is 9.57. The van der Waals surface area contributed by atoms with Crippen LogP contribution in [0.1, 0.15) is 111 Å². The monoisotopic (exact) mass is 753 g/mol. The lowest BCUT2D eigenvalue weighted by atomic mass is 9.77. The van der Waals surface area contributed by atoms with E-state index in [9.17, 15) is 19.5 Å². The van der Waals surface area contributed by atoms with Crippen LogP contribution in [-0.4, -0.2) is 63.8 Å². The van der Waals surface area contributed by atoms with Crippen LogP contribution in [0.2, 0.25) is 36.3 Å². The Morgan fingerprint density at radius 3 is 1.75 bits per heavy atom. The average molecular weight is 754 g/mol. The second kappa shape index (κ2) is 18.9. The number of ether oxygens (including phenoxy) is 1. The van der Waals surface area contributed by atoms with Crippen LogP contribution in [0.4, 0.5) is 0 Å². The number of ketones is 1. The van der Waals surface area contributed by atoms with E-state index in [0.29, 0.717) is 28.7 Å². The van der Waals surface area contributed by atoms with Gasteiger partial charge in [0.2, 0.25) is 0 Å². The zero-order valence-electron chi connectivity index (χ0n) is 34.4. The minimum atomic E-state index is -2.61. The van der Waals surface area contributed by atoms with Gasteiger partial charge >= 0.3 is 5.97 Å². The van der Waals surface area contributed by atoms with Crippen LogP contribution in [-0.2, 0) is 23.2 Å². The van der Waals surface area contributed by atoms with Gasteiger partial charge in [0.1, 0.15) is 12.2 Å². The first-order chi connectivity index (χ1) is 24.1. The molecule has 0 aliphatic carbocycles. The summed E-state index contributed by atoms with van der Waals surface area (Å²) >= 11 is 0. The quantitative estimate of drug-likeness (QED) is 0.0835. The summed E-state index contributed by atoms with van der Waals surface area (Å²) < 4.78 is 19.8. The van der Waals surface area contributed by atoms with E-state index in [0.717, 1.165) is 18.1 Å². The Kier molecular flexibility index (Phi) is 16.5. The van der Waals surface area contributed by atoms with E-state index in [4.69, 9.17) is 13.6 Å². The van der Waals surface area contributed by atoms with Gasteiger partial charge in [-0.3, -0.25) is 9.59 Å². The highest BCUT2D eigenvalue weighted by Crippen LogP contribution is 2.40. The Hall–Kier alpha value is -2.90. The van der Waals surface area contributed by atoms with Crippen LogP contribution in [0.5, 0.6) is 0 Å². The summed E-state index contributed by atoms with van der Waals surface area (Å²) in [6.45, 7) is 27.8. The molecule has 0 fully saturated rings. The summed E-state index contributed by atoms with van der Waals surface area (Å²) in [5.74, 6) is -1.32. The second-order valence-corrected chi connectivity index (χ2v) is 25.7. The zero-order valence-corrected chi connectivity index (χ0v) is 36.4. The lowest BCUT2D eigenvalue weighted by molar-refractivity contribution is -0.157. The number of aliphatic hydroxyl groups excluding tert-OH is 1. The Balaban J connectivity index is 2.50. The summed E-state index contributed by atoms with van der Waals surface area (Å²) in [6.07, 6.45) is -3.08. The smallest absolute Gasteiger partial charge is 0.337 e. The van der Waals surface area contributed by atoms with E-state index < -0.39 is 52.4 Å². The number of Topliss-reactive ketones (excluding diaryl/α,β-unsaturated/α-hetero) is 1. The van der Waals surface area contributed by atoms with E-state index in [1.165, 1.54) is 0 Å². The Morgan fingerprint density at radius 1 is 0.788 bits per heavy atom. The number of benzene rings is 2. The SMILES string of the molecule is CCC(O[Si](CC)(CC)CC)C(C)(C)C(=O)[C@H](O)/C(C)=C(\C)C(C)OC(=O)[C@H](O[Si](C)(C)C(C)(C)C)[C@@H](NC(=O)c1ccccc1)c1ccccc1. The van der Waals surface area contributed by atoms with E-state index in [1.807, 2.05) is 57.2 Å². The maximum Gasteiger partial charge on any atom is 0.337 e. The largest absolute Gasteiger partial charge is 0.456 e. The first-order valence-corrected chi connectivity index (χ1v) is 24.4. The molecule has 52 heavy (non-hydrogen) atoms. The number of hydrogen-bond donors (Lipinski definition) is 2. The van der Waals surface area contributed by atoms with Gasteiger partial charge in [0.25, 0.3) is 5.91 Å². The third-order valence-electron chi connectivity index (χ3n) is 11.6. The molecule has 0 bridgehead atoms. The molecule has 2 aromatic rings. The lowest BCUT2D eigenvalue weighted by Crippen LogP contribution is -2.52. The van der Waals surface area contributed by atoms with Crippen molar-refractivity contribution in [3.8, 4) is 0 Å². The molecule has 0 heterocycles. The van der Waals surface area contributed by atoms with Crippen molar-refractivity contribution < 1.29 is 33.1 Å². The second-order valence-electron chi connectivity index (χ2n) is 16.2. The Bertz CT molecular complexity index is 1490. The van der Waals surface area contributed by atoms with E-state index in [1.54, 1.807) is 45.0 Å². The maximum absolute atomic E-state index is 14.4. The average Bonchev–Trinajstić information content (AvgIpc) is 3.12. The van der Waals surface area contributed by atoms with Crippen LogP contribution in [0.25, 0.3) is 0 Å². The molecule has 8 nitrogen and oxygen atoms in total. The van der Waals surface area contributed by atoms with Crippen LogP contribution in [0.3, 0.4) is 0 Å². The number of hydrogen-bond acceptors (Lipinski definition) is 7. The third-order valence-corrected chi connectivity index (χ3v) is 20.7. The summed E-state index contributed by atoms with van der Waals surface area (Å²) in [4.78, 5) is 42.0. The fraction of sp³-hybridized carbons (Fsp3) is 0.595. The molecule has 290 valence electrons. The molecule has 0 saturated heterocycles. The standard InChI is InChI=1S/C42H67NO7Si2/c1-15-34(49-52(16-2,17-3)18-4)42(11,12)38(45)36(44)30(6)29(5)31(7)48-40(47)37(50-51(13,14)41(8,9)10)35(32-25-21-19-22-26-32)43-39(46)33-27-23-20-24-28-33/h19-28,31,34-37,44H,15-18H2,1-14H3,(H,43,46)/b30-29+/t31?,34?,35-,36+,37+/m0/s1. The molecule has 0 aromatic heterocycles. The first kappa shape index (κ1) is 45.3. The van der Waals surface area contributed by atoms with Gasteiger partial charge in [0.15, 0.2) is 28.5 Å². The number of nitrogens with one attached hydrogen (secondary N) is 1. The van der Waals surface area contributed by atoms with Gasteiger partial charge in [-0.2, -0.15) is 0 Å². The van der Waals surface area contributed by atoms with Gasteiger partial charge < -0.3 is 24.0 Å². The highest BCUT2D eigenvalue weighted by molar-refractivity contribution is 6.74. The van der Waals surface area contributed by atoms with Crippen molar-refractivity contribution in [1.29, 1.82) is 0 Å². The molecule has 0 saturated carbocycles. The number of carbonyl (C=O) groups is 3. The van der Waals surface area contributed by atoms with Crippen molar-refractivity contribution in [2.45, 2.75) is 156 Å². The van der Waals surface area contributed by atoms with Crippen LogP contribution in [0, 0.1) is 5.41 Å². The van der Waals surface area contributed by atoms with Gasteiger partial charge in [0, 0.05) is 5.56 Å². The highest BCUT2D eigenvalue weighted by Gasteiger charge is 2.46. The maximum atomic E-state index is 14.4. The number of carbonyl (C=O) groups excluding carboxylic acids is 3. The molecule has 2 aromatic carbocycles. The first-order valence-electron chi connectivity index (χ1n) is 19.0. The van der Waals surface area contributed by atoms with Crippen LogP contribution < -0.4 is 5.32 Å². The summed E-state index contributed by atoms with van der Waals surface area (Å²) in [5, 5.41) is 14.4. The molecule has 2 N–H and O–H groups in total. The molecular weight excluding hydrogens is 687 g/mol. The lowest BCUT2D eigenvalue weighted by Gasteiger charge is -2.41. The summed E-state index contributed by atoms with van der Waals surface area (Å²) in [6, 6.07) is 20.2. The normalized spacial score (nSPS) is 16.2. The number of rotatable bonds is 19. The summed E-state index contributed by atoms with van der Waals surface area (Å²) in [7, 11) is -4.63. The van der Waals surface area contributed by atoms with E-state index in [-0.39, 0.29) is 22.8 Å². The molecule has 0 spiro atoms. The Morgan fingerprint density at radius 2 is 1.29 bits per heavy atom. The van der Waals surface area contributed by atoms with Gasteiger partial charge in [0.05, 0.1) is 17.6 Å². The molecule has 10 heteroatoms.